The zero-order chi connectivity index (χ0) is 25.7. The van der Waals surface area contributed by atoms with Crippen LogP contribution in [0.3, 0.4) is 0 Å². The number of thioether (sulfide) groups is 1. The molecule has 1 unspecified atom stereocenters. The van der Waals surface area contributed by atoms with E-state index < -0.39 is 0 Å². The second kappa shape index (κ2) is 12.2. The van der Waals surface area contributed by atoms with E-state index in [9.17, 15) is 4.79 Å². The first-order chi connectivity index (χ1) is 17.3. The van der Waals surface area contributed by atoms with E-state index in [0.29, 0.717) is 38.4 Å². The molecule has 4 aromatic rings. The van der Waals surface area contributed by atoms with Crippen molar-refractivity contribution >= 4 is 73.3 Å². The van der Waals surface area contributed by atoms with Crippen LogP contribution in [-0.4, -0.2) is 31.4 Å². The summed E-state index contributed by atoms with van der Waals surface area (Å²) in [6.07, 6.45) is 1.40. The van der Waals surface area contributed by atoms with Gasteiger partial charge in [0, 0.05) is 27.0 Å². The van der Waals surface area contributed by atoms with Crippen LogP contribution in [0.1, 0.15) is 18.9 Å². The first kappa shape index (κ1) is 26.7. The quantitative estimate of drug-likeness (QED) is 0.145. The summed E-state index contributed by atoms with van der Waals surface area (Å²) in [7, 11) is 0. The average Bonchev–Trinajstić information content (AvgIpc) is 3.46. The zero-order valence-corrected chi connectivity index (χ0v) is 23.7. The highest BCUT2D eigenvalue weighted by atomic mass is 79.9. The van der Waals surface area contributed by atoms with Gasteiger partial charge in [0.25, 0.3) is 0 Å². The van der Waals surface area contributed by atoms with Gasteiger partial charge in [-0.1, -0.05) is 57.0 Å². The molecular formula is C24H20BrCl2N5O2S2. The number of hydrogen-bond acceptors (Lipinski definition) is 7. The van der Waals surface area contributed by atoms with Gasteiger partial charge in [0.1, 0.15) is 5.75 Å². The van der Waals surface area contributed by atoms with Crippen molar-refractivity contribution in [1.82, 2.24) is 19.7 Å². The Morgan fingerprint density at radius 1 is 1.28 bits per heavy atom. The normalized spacial score (nSPS) is 11.8. The summed E-state index contributed by atoms with van der Waals surface area (Å²) in [5, 5.41) is 15.4. The van der Waals surface area contributed by atoms with Gasteiger partial charge in [-0.25, -0.2) is 4.98 Å². The molecule has 4 rings (SSSR count). The van der Waals surface area contributed by atoms with Crippen molar-refractivity contribution < 1.29 is 9.53 Å². The topological polar surface area (TPSA) is 81.9 Å². The standard InChI is InChI=1S/C24H20BrCl2N5O2S2/c1-3-10-32-22(14(2)34-17-7-4-15(25)5-8-17)30-31-24(32)36-13-21(33)29-23-28-20(12-35-23)18-9-6-16(26)11-19(18)27/h3-9,11-12,14H,1,10,13H2,2H3,(H,28,29,33). The highest BCUT2D eigenvalue weighted by Gasteiger charge is 2.20. The monoisotopic (exact) mass is 623 g/mol. The maximum absolute atomic E-state index is 12.6. The van der Waals surface area contributed by atoms with Crippen molar-refractivity contribution in [3.63, 3.8) is 0 Å². The summed E-state index contributed by atoms with van der Waals surface area (Å²) in [5.41, 5.74) is 1.41. The molecule has 36 heavy (non-hydrogen) atoms. The van der Waals surface area contributed by atoms with Crippen LogP contribution in [0.15, 0.2) is 70.1 Å². The van der Waals surface area contributed by atoms with Crippen molar-refractivity contribution in [3.05, 3.63) is 80.8 Å². The molecule has 1 N–H and O–H groups in total. The van der Waals surface area contributed by atoms with Gasteiger partial charge in [0.2, 0.25) is 5.91 Å². The highest BCUT2D eigenvalue weighted by molar-refractivity contribution is 9.10. The number of allylic oxidation sites excluding steroid dienone is 1. The molecule has 1 atom stereocenters. The van der Waals surface area contributed by atoms with E-state index in [1.807, 2.05) is 41.1 Å². The maximum atomic E-state index is 12.6. The number of amides is 1. The number of benzene rings is 2. The molecule has 186 valence electrons. The Hall–Kier alpha value is -2.37. The third-order valence-corrected chi connectivity index (χ3v) is 7.64. The number of carbonyl (C=O) groups excluding carboxylic acids is 1. The second-order valence-electron chi connectivity index (χ2n) is 7.45. The Kier molecular flexibility index (Phi) is 9.08. The predicted molar refractivity (Wildman–Crippen MR) is 150 cm³/mol. The van der Waals surface area contributed by atoms with E-state index in [1.54, 1.807) is 24.3 Å². The molecule has 0 saturated carbocycles. The maximum Gasteiger partial charge on any atom is 0.236 e. The van der Waals surface area contributed by atoms with Crippen molar-refractivity contribution in [3.8, 4) is 17.0 Å². The van der Waals surface area contributed by atoms with Gasteiger partial charge >= 0.3 is 0 Å². The number of hydrogen-bond donors (Lipinski definition) is 1. The van der Waals surface area contributed by atoms with Gasteiger partial charge in [-0.05, 0) is 49.4 Å². The number of aromatic nitrogens is 4. The molecule has 12 heteroatoms. The summed E-state index contributed by atoms with van der Waals surface area (Å²) in [6, 6.07) is 12.8. The minimum absolute atomic E-state index is 0.133. The molecule has 0 saturated heterocycles. The fourth-order valence-electron chi connectivity index (χ4n) is 3.22. The van der Waals surface area contributed by atoms with Gasteiger partial charge in [0.05, 0.1) is 16.5 Å². The molecule has 7 nitrogen and oxygen atoms in total. The molecule has 0 bridgehead atoms. The molecule has 0 fully saturated rings. The van der Waals surface area contributed by atoms with Crippen LogP contribution in [0, 0.1) is 0 Å². The lowest BCUT2D eigenvalue weighted by atomic mass is 10.2. The molecule has 0 aliphatic heterocycles. The number of thiazole rings is 1. The number of nitrogens with one attached hydrogen (secondary N) is 1. The molecule has 2 aromatic heterocycles. The zero-order valence-electron chi connectivity index (χ0n) is 19.0. The van der Waals surface area contributed by atoms with Gasteiger partial charge in [-0.3, -0.25) is 9.36 Å². The predicted octanol–water partition coefficient (Wildman–Crippen LogP) is 7.53. The number of ether oxygens (including phenoxy) is 1. The number of carbonyl (C=O) groups is 1. The molecule has 0 radical (unpaired) electrons. The molecule has 0 aliphatic rings. The minimum Gasteiger partial charge on any atom is -0.483 e. The SMILES string of the molecule is C=CCn1c(SCC(=O)Nc2nc(-c3ccc(Cl)cc3Cl)cs2)nnc1C(C)Oc1ccc(Br)cc1. The Morgan fingerprint density at radius 2 is 2.06 bits per heavy atom. The van der Waals surface area contributed by atoms with Crippen LogP contribution >= 0.6 is 62.2 Å². The van der Waals surface area contributed by atoms with Gasteiger partial charge < -0.3 is 10.1 Å². The third-order valence-electron chi connectivity index (χ3n) is 4.84. The van der Waals surface area contributed by atoms with E-state index in [0.717, 1.165) is 15.8 Å². The lowest BCUT2D eigenvalue weighted by molar-refractivity contribution is -0.113. The molecule has 2 heterocycles. The van der Waals surface area contributed by atoms with Crippen LogP contribution in [0.2, 0.25) is 10.0 Å². The van der Waals surface area contributed by atoms with Crippen LogP contribution < -0.4 is 10.1 Å². The fraction of sp³-hybridized carbons (Fsp3) is 0.167. The Labute approximate surface area is 235 Å². The third kappa shape index (κ3) is 6.68. The highest BCUT2D eigenvalue weighted by Crippen LogP contribution is 2.32. The van der Waals surface area contributed by atoms with Crippen LogP contribution in [0.25, 0.3) is 11.3 Å². The number of rotatable bonds is 10. The van der Waals surface area contributed by atoms with E-state index >= 15 is 0 Å². The van der Waals surface area contributed by atoms with Gasteiger partial charge in [0.15, 0.2) is 22.2 Å². The molecular weight excluding hydrogens is 605 g/mol. The van der Waals surface area contributed by atoms with Crippen LogP contribution in [0.4, 0.5) is 5.13 Å². The fourth-order valence-corrected chi connectivity index (χ4v) is 5.47. The lowest BCUT2D eigenvalue weighted by Crippen LogP contribution is -2.15. The molecule has 0 spiro atoms. The van der Waals surface area contributed by atoms with Crippen LogP contribution in [-0.2, 0) is 11.3 Å². The molecule has 2 aromatic carbocycles. The summed E-state index contributed by atoms with van der Waals surface area (Å²) < 4.78 is 8.88. The summed E-state index contributed by atoms with van der Waals surface area (Å²) in [6.45, 7) is 6.21. The number of halogens is 3. The first-order valence-electron chi connectivity index (χ1n) is 10.6. The Balaban J connectivity index is 1.39. The van der Waals surface area contributed by atoms with E-state index in [2.05, 4.69) is 43.0 Å². The van der Waals surface area contributed by atoms with E-state index in [4.69, 9.17) is 27.9 Å². The van der Waals surface area contributed by atoms with E-state index in [1.165, 1.54) is 23.1 Å². The van der Waals surface area contributed by atoms with E-state index in [-0.39, 0.29) is 17.8 Å². The molecule has 0 aliphatic carbocycles. The van der Waals surface area contributed by atoms with Gasteiger partial charge in [-0.15, -0.1) is 28.1 Å². The minimum atomic E-state index is -0.352. The summed E-state index contributed by atoms with van der Waals surface area (Å²) >= 11 is 18.2. The Morgan fingerprint density at radius 3 is 2.78 bits per heavy atom. The lowest BCUT2D eigenvalue weighted by Gasteiger charge is -2.15. The Bertz CT molecular complexity index is 1380. The van der Waals surface area contributed by atoms with Crippen molar-refractivity contribution in [2.75, 3.05) is 11.1 Å². The van der Waals surface area contributed by atoms with Gasteiger partial charge in [-0.2, -0.15) is 0 Å². The van der Waals surface area contributed by atoms with Crippen molar-refractivity contribution in [2.24, 2.45) is 0 Å². The summed E-state index contributed by atoms with van der Waals surface area (Å²) in [5.74, 6) is 1.28. The molecule has 1 amide bonds. The summed E-state index contributed by atoms with van der Waals surface area (Å²) in [4.78, 5) is 17.1. The largest absolute Gasteiger partial charge is 0.483 e. The smallest absolute Gasteiger partial charge is 0.236 e. The number of nitrogens with zero attached hydrogens (tertiary/aromatic N) is 4. The second-order valence-corrected chi connectivity index (χ2v) is 11.0. The van der Waals surface area contributed by atoms with Crippen molar-refractivity contribution in [2.45, 2.75) is 24.7 Å². The van der Waals surface area contributed by atoms with Crippen LogP contribution in [0.5, 0.6) is 5.75 Å². The average molecular weight is 625 g/mol. The first-order valence-corrected chi connectivity index (χ1v) is 14.0. The van der Waals surface area contributed by atoms with Crippen molar-refractivity contribution in [1.29, 1.82) is 0 Å². The number of anilines is 1.